The van der Waals surface area contributed by atoms with Crippen LogP contribution in [0.1, 0.15) is 5.56 Å². The fraction of sp³-hybridized carbons (Fsp3) is 0.368. The molecule has 0 bridgehead atoms. The fourth-order valence-corrected chi connectivity index (χ4v) is 3.04. The van der Waals surface area contributed by atoms with Crippen molar-refractivity contribution in [3.05, 3.63) is 59.1 Å². The third-order valence-electron chi connectivity index (χ3n) is 4.24. The summed E-state index contributed by atoms with van der Waals surface area (Å²) in [5.74, 6) is 1.63. The minimum absolute atomic E-state index is 0.240. The summed E-state index contributed by atoms with van der Waals surface area (Å²) in [7, 11) is 0. The minimum atomic E-state index is 0.240. The molecule has 1 aliphatic rings. The van der Waals surface area contributed by atoms with E-state index in [1.165, 1.54) is 5.56 Å². The van der Waals surface area contributed by atoms with E-state index in [-0.39, 0.29) is 6.61 Å². The van der Waals surface area contributed by atoms with E-state index in [2.05, 4.69) is 21.9 Å². The van der Waals surface area contributed by atoms with Crippen LogP contribution in [-0.2, 0) is 6.54 Å². The van der Waals surface area contributed by atoms with E-state index < -0.39 is 0 Å². The molecule has 1 heterocycles. The first-order valence-corrected chi connectivity index (χ1v) is 8.69. The van der Waals surface area contributed by atoms with Crippen LogP contribution in [0.25, 0.3) is 0 Å². The van der Waals surface area contributed by atoms with Gasteiger partial charge in [-0.15, -0.1) is 0 Å². The molecular weight excluding hydrogens is 324 g/mol. The van der Waals surface area contributed by atoms with Crippen LogP contribution >= 0.6 is 11.6 Å². The Bertz CT molecular complexity index is 640. The van der Waals surface area contributed by atoms with Gasteiger partial charge in [0, 0.05) is 44.3 Å². The molecule has 24 heavy (non-hydrogen) atoms. The average molecular weight is 347 g/mol. The molecule has 1 saturated heterocycles. The smallest absolute Gasteiger partial charge is 0.127 e. The molecule has 0 spiro atoms. The van der Waals surface area contributed by atoms with Crippen molar-refractivity contribution in [1.29, 1.82) is 0 Å². The Kier molecular flexibility index (Phi) is 6.10. The molecule has 3 rings (SSSR count). The predicted octanol–water partition coefficient (Wildman–Crippen LogP) is 3.24. The Morgan fingerprint density at radius 3 is 2.33 bits per heavy atom. The number of halogens is 1. The molecule has 0 saturated carbocycles. The van der Waals surface area contributed by atoms with Gasteiger partial charge in [-0.05, 0) is 42.0 Å². The van der Waals surface area contributed by atoms with Crippen LogP contribution in [-0.4, -0.2) is 54.2 Å². The second kappa shape index (κ2) is 8.49. The maximum atomic E-state index is 9.01. The van der Waals surface area contributed by atoms with Crippen molar-refractivity contribution in [2.75, 3.05) is 39.3 Å². The molecular formula is C19H23ClN2O2. The maximum absolute atomic E-state index is 9.01. The lowest BCUT2D eigenvalue weighted by molar-refractivity contribution is 0.108. The lowest BCUT2D eigenvalue weighted by atomic mass is 10.2. The van der Waals surface area contributed by atoms with Gasteiger partial charge in [0.1, 0.15) is 11.5 Å². The molecule has 2 aromatic carbocycles. The van der Waals surface area contributed by atoms with E-state index >= 15 is 0 Å². The summed E-state index contributed by atoms with van der Waals surface area (Å²) in [6.45, 7) is 6.03. The summed E-state index contributed by atoms with van der Waals surface area (Å²) in [6.07, 6.45) is 0. The number of aliphatic hydroxyl groups is 1. The second-order valence-electron chi connectivity index (χ2n) is 6.04. The molecule has 1 aliphatic heterocycles. The standard InChI is InChI=1S/C19H23ClN2O2/c20-17-4-6-18(7-5-17)24-19-3-1-2-16(14-19)15-22-10-8-21(9-11-22)12-13-23/h1-7,14,23H,8-13,15H2. The Labute approximate surface area is 148 Å². The van der Waals surface area contributed by atoms with E-state index in [0.717, 1.165) is 50.8 Å². The Balaban J connectivity index is 1.56. The summed E-state index contributed by atoms with van der Waals surface area (Å²) in [6, 6.07) is 15.6. The maximum Gasteiger partial charge on any atom is 0.127 e. The topological polar surface area (TPSA) is 35.9 Å². The van der Waals surface area contributed by atoms with Gasteiger partial charge in [-0.1, -0.05) is 23.7 Å². The van der Waals surface area contributed by atoms with Crippen molar-refractivity contribution >= 4 is 11.6 Å². The lowest BCUT2D eigenvalue weighted by Crippen LogP contribution is -2.46. The Morgan fingerprint density at radius 1 is 0.917 bits per heavy atom. The molecule has 0 aliphatic carbocycles. The average Bonchev–Trinajstić information content (AvgIpc) is 2.59. The first-order valence-electron chi connectivity index (χ1n) is 8.31. The first kappa shape index (κ1) is 17.2. The molecule has 4 nitrogen and oxygen atoms in total. The van der Waals surface area contributed by atoms with E-state index in [1.807, 2.05) is 36.4 Å². The molecule has 0 radical (unpaired) electrons. The molecule has 0 atom stereocenters. The van der Waals surface area contributed by atoms with Crippen LogP contribution in [0.15, 0.2) is 48.5 Å². The van der Waals surface area contributed by atoms with Gasteiger partial charge in [-0.3, -0.25) is 9.80 Å². The zero-order chi connectivity index (χ0) is 16.8. The van der Waals surface area contributed by atoms with Crippen molar-refractivity contribution in [2.45, 2.75) is 6.54 Å². The second-order valence-corrected chi connectivity index (χ2v) is 6.48. The molecule has 0 amide bonds. The van der Waals surface area contributed by atoms with E-state index in [9.17, 15) is 0 Å². The third-order valence-corrected chi connectivity index (χ3v) is 4.49. The number of β-amino-alcohol motifs (C(OH)–C–C–N with tert-alkyl or cyclic N) is 1. The first-order chi connectivity index (χ1) is 11.7. The van der Waals surface area contributed by atoms with Gasteiger partial charge in [0.2, 0.25) is 0 Å². The number of benzene rings is 2. The Morgan fingerprint density at radius 2 is 1.62 bits per heavy atom. The molecule has 128 valence electrons. The number of piperazine rings is 1. The van der Waals surface area contributed by atoms with Crippen molar-refractivity contribution in [1.82, 2.24) is 9.80 Å². The van der Waals surface area contributed by atoms with Gasteiger partial charge in [0.05, 0.1) is 6.61 Å². The number of hydrogen-bond acceptors (Lipinski definition) is 4. The van der Waals surface area contributed by atoms with E-state index in [0.29, 0.717) is 5.02 Å². The van der Waals surface area contributed by atoms with Gasteiger partial charge in [0.25, 0.3) is 0 Å². The van der Waals surface area contributed by atoms with E-state index in [4.69, 9.17) is 21.4 Å². The van der Waals surface area contributed by atoms with Crippen molar-refractivity contribution < 1.29 is 9.84 Å². The summed E-state index contributed by atoms with van der Waals surface area (Å²) >= 11 is 5.90. The van der Waals surface area contributed by atoms with Crippen LogP contribution in [0.3, 0.4) is 0 Å². The number of ether oxygens (including phenoxy) is 1. The zero-order valence-electron chi connectivity index (χ0n) is 13.7. The SMILES string of the molecule is OCCN1CCN(Cc2cccc(Oc3ccc(Cl)cc3)c2)CC1. The highest BCUT2D eigenvalue weighted by atomic mass is 35.5. The summed E-state index contributed by atoms with van der Waals surface area (Å²) in [4.78, 5) is 4.74. The highest BCUT2D eigenvalue weighted by Gasteiger charge is 2.16. The summed E-state index contributed by atoms with van der Waals surface area (Å²) in [5.41, 5.74) is 1.25. The predicted molar refractivity (Wildman–Crippen MR) is 96.8 cm³/mol. The number of rotatable bonds is 6. The molecule has 1 N–H and O–H groups in total. The molecule has 1 fully saturated rings. The van der Waals surface area contributed by atoms with Crippen LogP contribution < -0.4 is 4.74 Å². The molecule has 0 unspecified atom stereocenters. The van der Waals surface area contributed by atoms with E-state index in [1.54, 1.807) is 0 Å². The normalized spacial score (nSPS) is 16.2. The fourth-order valence-electron chi connectivity index (χ4n) is 2.92. The zero-order valence-corrected chi connectivity index (χ0v) is 14.5. The third kappa shape index (κ3) is 4.95. The highest BCUT2D eigenvalue weighted by Crippen LogP contribution is 2.24. The number of aliphatic hydroxyl groups excluding tert-OH is 1. The number of hydrogen-bond donors (Lipinski definition) is 1. The van der Waals surface area contributed by atoms with Crippen molar-refractivity contribution in [3.8, 4) is 11.5 Å². The summed E-state index contributed by atoms with van der Waals surface area (Å²) < 4.78 is 5.90. The van der Waals surface area contributed by atoms with Crippen LogP contribution in [0.2, 0.25) is 5.02 Å². The molecule has 0 aromatic heterocycles. The van der Waals surface area contributed by atoms with Gasteiger partial charge in [-0.2, -0.15) is 0 Å². The van der Waals surface area contributed by atoms with Gasteiger partial charge in [0.15, 0.2) is 0 Å². The highest BCUT2D eigenvalue weighted by molar-refractivity contribution is 6.30. The summed E-state index contributed by atoms with van der Waals surface area (Å²) in [5, 5.41) is 9.71. The monoisotopic (exact) mass is 346 g/mol. The largest absolute Gasteiger partial charge is 0.457 e. The van der Waals surface area contributed by atoms with Crippen LogP contribution in [0.4, 0.5) is 0 Å². The number of nitrogens with zero attached hydrogens (tertiary/aromatic N) is 2. The quantitative estimate of drug-likeness (QED) is 0.871. The van der Waals surface area contributed by atoms with Gasteiger partial charge < -0.3 is 9.84 Å². The minimum Gasteiger partial charge on any atom is -0.457 e. The molecule has 5 heteroatoms. The van der Waals surface area contributed by atoms with Crippen LogP contribution in [0, 0.1) is 0 Å². The van der Waals surface area contributed by atoms with Gasteiger partial charge >= 0.3 is 0 Å². The van der Waals surface area contributed by atoms with Crippen LogP contribution in [0.5, 0.6) is 11.5 Å². The Hall–Kier alpha value is -1.59. The van der Waals surface area contributed by atoms with Crippen molar-refractivity contribution in [2.24, 2.45) is 0 Å². The molecule has 2 aromatic rings. The van der Waals surface area contributed by atoms with Crippen molar-refractivity contribution in [3.63, 3.8) is 0 Å². The lowest BCUT2D eigenvalue weighted by Gasteiger charge is -2.34. The van der Waals surface area contributed by atoms with Gasteiger partial charge in [-0.25, -0.2) is 0 Å².